The lowest BCUT2D eigenvalue weighted by Crippen LogP contribution is -2.49. The van der Waals surface area contributed by atoms with Gasteiger partial charge >= 0.3 is 12.2 Å². The predicted molar refractivity (Wildman–Crippen MR) is 131 cm³/mol. The first-order chi connectivity index (χ1) is 17.3. The summed E-state index contributed by atoms with van der Waals surface area (Å²) in [5.74, 6) is 0.00938. The predicted octanol–water partition coefficient (Wildman–Crippen LogP) is 4.86. The van der Waals surface area contributed by atoms with Crippen LogP contribution >= 0.6 is 0 Å². The number of pyridine rings is 1. The zero-order valence-corrected chi connectivity index (χ0v) is 19.2. The molecule has 186 valence electrons. The monoisotopic (exact) mass is 495 g/mol. The normalized spacial score (nSPS) is 14.1. The van der Waals surface area contributed by atoms with Crippen LogP contribution in [0.25, 0.3) is 6.08 Å². The molecule has 0 saturated carbocycles. The first-order valence-corrected chi connectivity index (χ1v) is 11.3. The van der Waals surface area contributed by atoms with Crippen LogP contribution in [0, 0.1) is 0 Å². The molecule has 3 amide bonds. The highest BCUT2D eigenvalue weighted by Gasteiger charge is 2.36. The van der Waals surface area contributed by atoms with Crippen molar-refractivity contribution >= 4 is 29.5 Å². The Labute approximate surface area is 206 Å². The minimum atomic E-state index is -4.59. The Balaban J connectivity index is 1.29. The molecule has 0 atom stereocenters. The van der Waals surface area contributed by atoms with Crippen LogP contribution < -0.4 is 15.5 Å². The molecule has 1 aromatic heterocycles. The first kappa shape index (κ1) is 24.8. The van der Waals surface area contributed by atoms with Crippen molar-refractivity contribution in [1.29, 1.82) is 0 Å². The van der Waals surface area contributed by atoms with E-state index in [-0.39, 0.29) is 18.7 Å². The Morgan fingerprint density at radius 2 is 1.58 bits per heavy atom. The van der Waals surface area contributed by atoms with Crippen LogP contribution in [0.15, 0.2) is 79.1 Å². The Kier molecular flexibility index (Phi) is 7.53. The molecule has 2 heterocycles. The van der Waals surface area contributed by atoms with Crippen molar-refractivity contribution in [2.45, 2.75) is 6.18 Å². The zero-order chi connectivity index (χ0) is 25.5. The standard InChI is InChI=1S/C26H24F3N5O2/c27-26(28,29)22-9-5-4-8-21(22)24(35)34-16-14-33(15-17-34)23-11-10-20(18-31-23)32-25(36)30-13-12-19-6-2-1-3-7-19/h1-13,18H,14-17H2,(H2,30,32,36). The van der Waals surface area contributed by atoms with Gasteiger partial charge in [0.2, 0.25) is 0 Å². The van der Waals surface area contributed by atoms with Gasteiger partial charge in [-0.3, -0.25) is 4.79 Å². The molecule has 1 aliphatic heterocycles. The van der Waals surface area contributed by atoms with Crippen molar-refractivity contribution in [2.75, 3.05) is 36.4 Å². The molecule has 0 bridgehead atoms. The van der Waals surface area contributed by atoms with Gasteiger partial charge in [-0.2, -0.15) is 13.2 Å². The topological polar surface area (TPSA) is 77.6 Å². The van der Waals surface area contributed by atoms with E-state index in [4.69, 9.17) is 0 Å². The smallest absolute Gasteiger partial charge is 0.353 e. The molecule has 3 aromatic rings. The molecule has 0 radical (unpaired) electrons. The molecular weight excluding hydrogens is 471 g/mol. The Bertz CT molecular complexity index is 1220. The number of urea groups is 1. The number of nitrogens with zero attached hydrogens (tertiary/aromatic N) is 3. The molecule has 0 spiro atoms. The fourth-order valence-electron chi connectivity index (χ4n) is 3.82. The molecule has 10 heteroatoms. The van der Waals surface area contributed by atoms with E-state index in [1.54, 1.807) is 24.4 Å². The Morgan fingerprint density at radius 1 is 0.889 bits per heavy atom. The van der Waals surface area contributed by atoms with Gasteiger partial charge < -0.3 is 20.4 Å². The molecule has 1 aliphatic rings. The van der Waals surface area contributed by atoms with Crippen LogP contribution in [-0.4, -0.2) is 48.0 Å². The van der Waals surface area contributed by atoms with Gasteiger partial charge in [-0.25, -0.2) is 9.78 Å². The van der Waals surface area contributed by atoms with Gasteiger partial charge in [-0.05, 0) is 35.9 Å². The van der Waals surface area contributed by atoms with Crippen LogP contribution in [0.4, 0.5) is 29.5 Å². The number of nitrogens with one attached hydrogen (secondary N) is 2. The molecule has 1 fully saturated rings. The summed E-state index contributed by atoms with van der Waals surface area (Å²) in [6.45, 7) is 1.38. The summed E-state index contributed by atoms with van der Waals surface area (Å²) < 4.78 is 39.8. The number of amides is 3. The van der Waals surface area contributed by atoms with E-state index in [9.17, 15) is 22.8 Å². The van der Waals surface area contributed by atoms with E-state index >= 15 is 0 Å². The highest BCUT2D eigenvalue weighted by atomic mass is 19.4. The fourth-order valence-corrected chi connectivity index (χ4v) is 3.82. The molecule has 36 heavy (non-hydrogen) atoms. The van der Waals surface area contributed by atoms with Gasteiger partial charge in [-0.1, -0.05) is 42.5 Å². The van der Waals surface area contributed by atoms with E-state index < -0.39 is 23.7 Å². The summed E-state index contributed by atoms with van der Waals surface area (Å²) in [7, 11) is 0. The largest absolute Gasteiger partial charge is 0.417 e. The maximum Gasteiger partial charge on any atom is 0.417 e. The number of rotatable bonds is 5. The van der Waals surface area contributed by atoms with Crippen molar-refractivity contribution in [3.05, 3.63) is 95.8 Å². The number of benzene rings is 2. The second kappa shape index (κ2) is 10.9. The Morgan fingerprint density at radius 3 is 2.25 bits per heavy atom. The molecular formula is C26H24F3N5O2. The Hall–Kier alpha value is -4.34. The average Bonchev–Trinajstić information content (AvgIpc) is 2.89. The molecule has 2 N–H and O–H groups in total. The number of piperazine rings is 1. The fraction of sp³-hybridized carbons (Fsp3) is 0.192. The van der Waals surface area contributed by atoms with E-state index in [0.717, 1.165) is 11.6 Å². The van der Waals surface area contributed by atoms with Gasteiger partial charge in [-0.15, -0.1) is 0 Å². The third kappa shape index (κ3) is 6.21. The highest BCUT2D eigenvalue weighted by molar-refractivity contribution is 5.96. The maximum absolute atomic E-state index is 13.3. The molecule has 1 saturated heterocycles. The van der Waals surface area contributed by atoms with E-state index in [0.29, 0.717) is 24.6 Å². The lowest BCUT2D eigenvalue weighted by Gasteiger charge is -2.35. The van der Waals surface area contributed by atoms with Crippen LogP contribution in [0.2, 0.25) is 0 Å². The maximum atomic E-state index is 13.3. The molecule has 0 aliphatic carbocycles. The second-order valence-corrected chi connectivity index (χ2v) is 8.07. The summed E-state index contributed by atoms with van der Waals surface area (Å²) in [5, 5.41) is 5.31. The number of carbonyl (C=O) groups is 2. The van der Waals surface area contributed by atoms with Gasteiger partial charge in [0.15, 0.2) is 0 Å². The number of aromatic nitrogens is 1. The number of hydrogen-bond donors (Lipinski definition) is 2. The molecule has 2 aromatic carbocycles. The summed E-state index contributed by atoms with van der Waals surface area (Å²) >= 11 is 0. The highest BCUT2D eigenvalue weighted by Crippen LogP contribution is 2.32. The lowest BCUT2D eigenvalue weighted by molar-refractivity contribution is -0.138. The number of hydrogen-bond acceptors (Lipinski definition) is 4. The first-order valence-electron chi connectivity index (χ1n) is 11.3. The van der Waals surface area contributed by atoms with Gasteiger partial charge in [0.25, 0.3) is 5.91 Å². The number of halogens is 3. The van der Waals surface area contributed by atoms with Crippen molar-refractivity contribution in [3.63, 3.8) is 0 Å². The van der Waals surface area contributed by atoms with Gasteiger partial charge in [0.05, 0.1) is 23.0 Å². The van der Waals surface area contributed by atoms with E-state index in [2.05, 4.69) is 15.6 Å². The molecule has 4 rings (SSSR count). The third-order valence-corrected chi connectivity index (χ3v) is 5.65. The van der Waals surface area contributed by atoms with E-state index in [1.807, 2.05) is 35.2 Å². The minimum absolute atomic E-state index is 0.267. The van der Waals surface area contributed by atoms with Crippen LogP contribution in [0.3, 0.4) is 0 Å². The molecule has 0 unspecified atom stereocenters. The van der Waals surface area contributed by atoms with Crippen molar-refractivity contribution in [3.8, 4) is 0 Å². The van der Waals surface area contributed by atoms with Crippen molar-refractivity contribution in [2.24, 2.45) is 0 Å². The van der Waals surface area contributed by atoms with E-state index in [1.165, 1.54) is 29.3 Å². The second-order valence-electron chi connectivity index (χ2n) is 8.07. The number of anilines is 2. The van der Waals surface area contributed by atoms with Crippen molar-refractivity contribution in [1.82, 2.24) is 15.2 Å². The minimum Gasteiger partial charge on any atom is -0.353 e. The van der Waals surface area contributed by atoms with Crippen LogP contribution in [-0.2, 0) is 6.18 Å². The van der Waals surface area contributed by atoms with Gasteiger partial charge in [0, 0.05) is 32.4 Å². The van der Waals surface area contributed by atoms with Gasteiger partial charge in [0.1, 0.15) is 5.82 Å². The quantitative estimate of drug-likeness (QED) is 0.530. The summed E-state index contributed by atoms with van der Waals surface area (Å²) in [5.41, 5.74) is 0.183. The summed E-state index contributed by atoms with van der Waals surface area (Å²) in [4.78, 5) is 32.6. The van der Waals surface area contributed by atoms with Crippen molar-refractivity contribution < 1.29 is 22.8 Å². The number of carbonyl (C=O) groups excluding carboxylic acids is 2. The third-order valence-electron chi connectivity index (χ3n) is 5.65. The number of alkyl halides is 3. The summed E-state index contributed by atoms with van der Waals surface area (Å²) in [6.07, 6.45) is 0.239. The zero-order valence-electron chi connectivity index (χ0n) is 19.2. The summed E-state index contributed by atoms with van der Waals surface area (Å²) in [6, 6.07) is 17.4. The van der Waals surface area contributed by atoms with Crippen LogP contribution in [0.1, 0.15) is 21.5 Å². The average molecular weight is 496 g/mol. The van der Waals surface area contributed by atoms with Crippen LogP contribution in [0.5, 0.6) is 0 Å². The molecule has 7 nitrogen and oxygen atoms in total. The lowest BCUT2D eigenvalue weighted by atomic mass is 10.1. The SMILES string of the molecule is O=C(NC=Cc1ccccc1)Nc1ccc(N2CCN(C(=O)c3ccccc3C(F)(F)F)CC2)nc1.